The van der Waals surface area contributed by atoms with E-state index in [0.717, 1.165) is 18.5 Å². The fourth-order valence-corrected chi connectivity index (χ4v) is 1.61. The molecule has 0 fully saturated rings. The summed E-state index contributed by atoms with van der Waals surface area (Å²) in [7, 11) is 0. The molecule has 1 N–H and O–H groups in total. The van der Waals surface area contributed by atoms with Gasteiger partial charge in [-0.15, -0.1) is 0 Å². The number of aryl methyl sites for hydroxylation is 1. The van der Waals surface area contributed by atoms with E-state index in [4.69, 9.17) is 4.74 Å². The zero-order valence-corrected chi connectivity index (χ0v) is 10.6. The smallest absolute Gasteiger partial charge is 0.219 e. The number of pyridine rings is 1. The van der Waals surface area contributed by atoms with Crippen molar-refractivity contribution in [2.24, 2.45) is 0 Å². The first-order valence-electron chi connectivity index (χ1n) is 6.03. The van der Waals surface area contributed by atoms with Gasteiger partial charge in [-0.05, 0) is 25.0 Å². The Morgan fingerprint density at radius 1 is 1.50 bits per heavy atom. The molecule has 0 unspecified atom stereocenters. The third-order valence-electron chi connectivity index (χ3n) is 2.53. The van der Waals surface area contributed by atoms with Gasteiger partial charge in [-0.3, -0.25) is 4.68 Å². The minimum Gasteiger partial charge on any atom is -0.436 e. The van der Waals surface area contributed by atoms with E-state index in [9.17, 15) is 5.11 Å². The predicted octanol–water partition coefficient (Wildman–Crippen LogP) is 2.53. The van der Waals surface area contributed by atoms with E-state index in [1.54, 1.807) is 31.5 Å². The first-order valence-corrected chi connectivity index (χ1v) is 6.03. The Hall–Kier alpha value is -1.88. The van der Waals surface area contributed by atoms with E-state index < -0.39 is 6.10 Å². The minimum atomic E-state index is -0.529. The average molecular weight is 247 g/mol. The number of ether oxygens (including phenoxy) is 1. The average Bonchev–Trinajstić information content (AvgIpc) is 2.77. The summed E-state index contributed by atoms with van der Waals surface area (Å²) in [5, 5.41) is 13.7. The largest absolute Gasteiger partial charge is 0.436 e. The molecular formula is C13H17N3O2. The molecule has 0 aliphatic rings. The second-order valence-corrected chi connectivity index (χ2v) is 4.14. The van der Waals surface area contributed by atoms with Crippen molar-refractivity contribution in [2.75, 3.05) is 0 Å². The molecular weight excluding hydrogens is 230 g/mol. The number of aliphatic hydroxyl groups excluding tert-OH is 1. The molecule has 5 heteroatoms. The van der Waals surface area contributed by atoms with E-state index in [1.165, 1.54) is 0 Å². The van der Waals surface area contributed by atoms with Crippen molar-refractivity contribution in [1.82, 2.24) is 14.8 Å². The first kappa shape index (κ1) is 12.6. The highest BCUT2D eigenvalue weighted by Gasteiger charge is 2.05. The van der Waals surface area contributed by atoms with Crippen LogP contribution in [-0.2, 0) is 6.54 Å². The molecule has 0 bridgehead atoms. The second-order valence-electron chi connectivity index (χ2n) is 4.14. The van der Waals surface area contributed by atoms with Crippen molar-refractivity contribution < 1.29 is 9.84 Å². The first-order chi connectivity index (χ1) is 8.69. The van der Waals surface area contributed by atoms with Crippen LogP contribution in [0.1, 0.15) is 31.9 Å². The Morgan fingerprint density at radius 3 is 3.06 bits per heavy atom. The van der Waals surface area contributed by atoms with Crippen LogP contribution >= 0.6 is 0 Å². The molecule has 2 rings (SSSR count). The Balaban J connectivity index is 2.10. The van der Waals surface area contributed by atoms with Crippen molar-refractivity contribution >= 4 is 0 Å². The minimum absolute atomic E-state index is 0.462. The van der Waals surface area contributed by atoms with E-state index in [1.807, 2.05) is 10.9 Å². The Bertz CT molecular complexity index is 508. The highest BCUT2D eigenvalue weighted by Crippen LogP contribution is 2.21. The zero-order valence-electron chi connectivity index (χ0n) is 10.6. The molecule has 2 aromatic heterocycles. The molecule has 1 atom stereocenters. The molecule has 0 saturated carbocycles. The van der Waals surface area contributed by atoms with Crippen molar-refractivity contribution in [3.05, 3.63) is 36.3 Å². The molecule has 5 nitrogen and oxygen atoms in total. The summed E-state index contributed by atoms with van der Waals surface area (Å²) in [5.41, 5.74) is 0.779. The van der Waals surface area contributed by atoms with Crippen LogP contribution in [0.2, 0.25) is 0 Å². The number of aromatic nitrogens is 3. The molecule has 96 valence electrons. The van der Waals surface area contributed by atoms with Gasteiger partial charge in [-0.25, -0.2) is 4.98 Å². The SMILES string of the molecule is CCCn1cc(Oc2cc([C@H](C)O)ccn2)cn1. The van der Waals surface area contributed by atoms with Crippen molar-refractivity contribution in [2.45, 2.75) is 32.9 Å². The van der Waals surface area contributed by atoms with E-state index >= 15 is 0 Å². The van der Waals surface area contributed by atoms with Gasteiger partial charge < -0.3 is 9.84 Å². The van der Waals surface area contributed by atoms with Crippen molar-refractivity contribution in [3.8, 4) is 11.6 Å². The number of rotatable bonds is 5. The fourth-order valence-electron chi connectivity index (χ4n) is 1.61. The molecule has 0 spiro atoms. The van der Waals surface area contributed by atoms with Crippen LogP contribution in [0.5, 0.6) is 11.6 Å². The van der Waals surface area contributed by atoms with Crippen LogP contribution in [0.3, 0.4) is 0 Å². The number of hydrogen-bond donors (Lipinski definition) is 1. The third-order valence-corrected chi connectivity index (χ3v) is 2.53. The van der Waals surface area contributed by atoms with E-state index in [-0.39, 0.29) is 0 Å². The van der Waals surface area contributed by atoms with Crippen LogP contribution in [0.15, 0.2) is 30.7 Å². The molecule has 2 aromatic rings. The van der Waals surface area contributed by atoms with Crippen molar-refractivity contribution in [1.29, 1.82) is 0 Å². The lowest BCUT2D eigenvalue weighted by atomic mass is 10.2. The summed E-state index contributed by atoms with van der Waals surface area (Å²) in [6.07, 6.45) is 5.61. The van der Waals surface area contributed by atoms with Gasteiger partial charge in [-0.1, -0.05) is 6.92 Å². The molecule has 0 radical (unpaired) electrons. The summed E-state index contributed by atoms with van der Waals surface area (Å²) >= 11 is 0. The third kappa shape index (κ3) is 3.07. The highest BCUT2D eigenvalue weighted by molar-refractivity contribution is 5.26. The van der Waals surface area contributed by atoms with Crippen LogP contribution in [-0.4, -0.2) is 19.9 Å². The van der Waals surface area contributed by atoms with Crippen LogP contribution in [0.4, 0.5) is 0 Å². The quantitative estimate of drug-likeness (QED) is 0.882. The normalized spacial score (nSPS) is 12.4. The predicted molar refractivity (Wildman–Crippen MR) is 67.5 cm³/mol. The van der Waals surface area contributed by atoms with Crippen LogP contribution in [0, 0.1) is 0 Å². The van der Waals surface area contributed by atoms with Gasteiger partial charge in [0.05, 0.1) is 18.5 Å². The summed E-state index contributed by atoms with van der Waals surface area (Å²) in [4.78, 5) is 4.10. The van der Waals surface area contributed by atoms with Gasteiger partial charge in [0.1, 0.15) is 0 Å². The molecule has 18 heavy (non-hydrogen) atoms. The van der Waals surface area contributed by atoms with Crippen LogP contribution in [0.25, 0.3) is 0 Å². The summed E-state index contributed by atoms with van der Waals surface area (Å²) in [5.74, 6) is 1.11. The van der Waals surface area contributed by atoms with E-state index in [2.05, 4.69) is 17.0 Å². The number of aliphatic hydroxyl groups is 1. The maximum absolute atomic E-state index is 9.49. The number of hydrogen-bond acceptors (Lipinski definition) is 4. The molecule has 0 saturated heterocycles. The molecule has 0 amide bonds. The van der Waals surface area contributed by atoms with Gasteiger partial charge >= 0.3 is 0 Å². The van der Waals surface area contributed by atoms with Gasteiger partial charge in [0.25, 0.3) is 0 Å². The molecule has 0 aromatic carbocycles. The monoisotopic (exact) mass is 247 g/mol. The lowest BCUT2D eigenvalue weighted by molar-refractivity contribution is 0.198. The number of nitrogens with zero attached hydrogens (tertiary/aromatic N) is 3. The molecule has 0 aliphatic carbocycles. The standard InChI is InChI=1S/C13H17N3O2/c1-3-6-16-9-12(8-15-16)18-13-7-11(10(2)17)4-5-14-13/h4-5,7-10,17H,3,6H2,1-2H3/t10-/m0/s1. The van der Waals surface area contributed by atoms with Gasteiger partial charge in [0.2, 0.25) is 5.88 Å². The Kier molecular flexibility index (Phi) is 3.94. The maximum atomic E-state index is 9.49. The zero-order chi connectivity index (χ0) is 13.0. The molecule has 2 heterocycles. The van der Waals surface area contributed by atoms with E-state index in [0.29, 0.717) is 11.6 Å². The van der Waals surface area contributed by atoms with Gasteiger partial charge in [-0.2, -0.15) is 5.10 Å². The van der Waals surface area contributed by atoms with Gasteiger partial charge in [0.15, 0.2) is 5.75 Å². The fraction of sp³-hybridized carbons (Fsp3) is 0.385. The Labute approximate surface area is 106 Å². The lowest BCUT2D eigenvalue weighted by Gasteiger charge is -2.06. The summed E-state index contributed by atoms with van der Waals surface area (Å²) in [6.45, 7) is 4.67. The second kappa shape index (κ2) is 5.64. The summed E-state index contributed by atoms with van der Waals surface area (Å²) in [6, 6.07) is 3.49. The van der Waals surface area contributed by atoms with Gasteiger partial charge in [0, 0.05) is 18.8 Å². The van der Waals surface area contributed by atoms with Crippen molar-refractivity contribution in [3.63, 3.8) is 0 Å². The van der Waals surface area contributed by atoms with Crippen LogP contribution < -0.4 is 4.74 Å². The molecule has 0 aliphatic heterocycles. The lowest BCUT2D eigenvalue weighted by Crippen LogP contribution is -1.96. The summed E-state index contributed by atoms with van der Waals surface area (Å²) < 4.78 is 7.42. The highest BCUT2D eigenvalue weighted by atomic mass is 16.5. The topological polar surface area (TPSA) is 60.2 Å². The Morgan fingerprint density at radius 2 is 2.33 bits per heavy atom. The maximum Gasteiger partial charge on any atom is 0.219 e.